The minimum atomic E-state index is -0.237. The first-order chi connectivity index (χ1) is 21.1. The Morgan fingerprint density at radius 1 is 0.977 bits per heavy atom. The number of rotatable bonds is 18. The highest BCUT2D eigenvalue weighted by Gasteiger charge is 2.47. The summed E-state index contributed by atoms with van der Waals surface area (Å²) in [6.45, 7) is 4.33. The highest BCUT2D eigenvalue weighted by atomic mass is 16.7. The second-order valence-electron chi connectivity index (χ2n) is 13.0. The molecule has 2 unspecified atom stereocenters. The maximum Gasteiger partial charge on any atom is 0.305 e. The molecule has 2 aliphatic heterocycles. The molecule has 0 aromatic rings. The number of ether oxygens (including phenoxy) is 6. The molecule has 8 heteroatoms. The van der Waals surface area contributed by atoms with Crippen LogP contribution in [0.3, 0.4) is 0 Å². The van der Waals surface area contributed by atoms with Crippen LogP contribution in [0, 0.1) is 17.3 Å². The van der Waals surface area contributed by atoms with Crippen molar-refractivity contribution in [2.45, 2.75) is 147 Å². The lowest BCUT2D eigenvalue weighted by molar-refractivity contribution is -0.211. The Hall–Kier alpha value is -1.74. The van der Waals surface area contributed by atoms with Gasteiger partial charge in [0.2, 0.25) is 0 Å². The van der Waals surface area contributed by atoms with E-state index in [1.165, 1.54) is 45.6 Å². The Bertz CT molecular complexity index is 871. The fourth-order valence-corrected chi connectivity index (χ4v) is 7.33. The van der Waals surface area contributed by atoms with E-state index in [4.69, 9.17) is 28.4 Å². The number of esters is 1. The van der Waals surface area contributed by atoms with Gasteiger partial charge in [-0.2, -0.15) is 0 Å². The molecule has 43 heavy (non-hydrogen) atoms. The number of methoxy groups -OCH3 is 1. The molecule has 2 saturated heterocycles. The first kappa shape index (κ1) is 34.1. The van der Waals surface area contributed by atoms with Crippen LogP contribution in [-0.2, 0) is 38.0 Å². The van der Waals surface area contributed by atoms with Crippen molar-refractivity contribution in [1.29, 1.82) is 0 Å². The van der Waals surface area contributed by atoms with Crippen molar-refractivity contribution in [2.24, 2.45) is 17.3 Å². The highest BCUT2D eigenvalue weighted by molar-refractivity contribution is 5.69. The number of hydrogen-bond acceptors (Lipinski definition) is 8. The zero-order valence-electron chi connectivity index (χ0n) is 26.6. The number of carbonyl (C=O) groups excluding carboxylic acids is 2. The van der Waals surface area contributed by atoms with Crippen molar-refractivity contribution in [1.82, 2.24) is 0 Å². The number of hydrogen-bond donors (Lipinski definition) is 0. The normalized spacial score (nSPS) is 31.6. The molecule has 244 valence electrons. The summed E-state index contributed by atoms with van der Waals surface area (Å²) in [5.41, 5.74) is 0.155. The lowest BCUT2D eigenvalue weighted by atomic mass is 9.62. The van der Waals surface area contributed by atoms with Crippen LogP contribution in [0.5, 0.6) is 0 Å². The molecule has 0 spiro atoms. The molecule has 0 amide bonds. The number of carbonyl (C=O) groups is 2. The Morgan fingerprint density at radius 3 is 2.37 bits per heavy atom. The van der Waals surface area contributed by atoms with Crippen molar-refractivity contribution in [3.05, 3.63) is 24.3 Å². The van der Waals surface area contributed by atoms with Gasteiger partial charge >= 0.3 is 5.97 Å². The summed E-state index contributed by atoms with van der Waals surface area (Å²) < 4.78 is 35.9. The summed E-state index contributed by atoms with van der Waals surface area (Å²) >= 11 is 0. The molecule has 2 saturated carbocycles. The second kappa shape index (κ2) is 18.3. The Balaban J connectivity index is 1.53. The highest BCUT2D eigenvalue weighted by Crippen LogP contribution is 2.51. The molecule has 0 radical (unpaired) electrons. The summed E-state index contributed by atoms with van der Waals surface area (Å²) in [5.74, 6) is -0.0549. The average molecular weight is 605 g/mol. The van der Waals surface area contributed by atoms with Crippen LogP contribution < -0.4 is 0 Å². The van der Waals surface area contributed by atoms with Gasteiger partial charge in [0.15, 0.2) is 12.6 Å². The SMILES string of the molecule is CCCCC1([C@@H](C=C[C@@H]2[C@@H](CC=CCCCC(=O)OC)[C@H](OC=O)C[C@H]2OC2CCCCO2)OC2CCCCO2)CCC1. The van der Waals surface area contributed by atoms with Gasteiger partial charge in [-0.05, 0) is 77.0 Å². The zero-order chi connectivity index (χ0) is 30.3. The summed E-state index contributed by atoms with van der Waals surface area (Å²) in [7, 11) is 1.42. The van der Waals surface area contributed by atoms with Gasteiger partial charge in [0.05, 0.1) is 19.3 Å². The molecule has 0 bridgehead atoms. The molecule has 0 N–H and O–H groups in total. The Labute approximate surface area is 259 Å². The largest absolute Gasteiger partial charge is 0.469 e. The molecular formula is C35H56O8. The minimum Gasteiger partial charge on any atom is -0.469 e. The molecule has 0 aromatic carbocycles. The van der Waals surface area contributed by atoms with E-state index >= 15 is 0 Å². The predicted octanol–water partition coefficient (Wildman–Crippen LogP) is 7.19. The van der Waals surface area contributed by atoms with Gasteiger partial charge in [-0.3, -0.25) is 9.59 Å². The van der Waals surface area contributed by atoms with E-state index in [9.17, 15) is 9.59 Å². The molecular weight excluding hydrogens is 548 g/mol. The lowest BCUT2D eigenvalue weighted by Crippen LogP contribution is -2.44. The van der Waals surface area contributed by atoms with Crippen molar-refractivity contribution in [3.63, 3.8) is 0 Å². The van der Waals surface area contributed by atoms with Gasteiger partial charge in [-0.15, -0.1) is 0 Å². The molecule has 0 aromatic heterocycles. The Morgan fingerprint density at radius 2 is 1.74 bits per heavy atom. The molecule has 4 aliphatic rings. The van der Waals surface area contributed by atoms with E-state index in [0.717, 1.165) is 71.0 Å². The summed E-state index contributed by atoms with van der Waals surface area (Å²) in [5, 5.41) is 0. The van der Waals surface area contributed by atoms with E-state index in [2.05, 4.69) is 31.2 Å². The fourth-order valence-electron chi connectivity index (χ4n) is 7.33. The van der Waals surface area contributed by atoms with E-state index in [0.29, 0.717) is 19.3 Å². The summed E-state index contributed by atoms with van der Waals surface area (Å²) in [6, 6.07) is 0. The average Bonchev–Trinajstić information content (AvgIpc) is 3.32. The van der Waals surface area contributed by atoms with Gasteiger partial charge in [0.25, 0.3) is 6.47 Å². The first-order valence-electron chi connectivity index (χ1n) is 17.1. The first-order valence-corrected chi connectivity index (χ1v) is 17.1. The van der Waals surface area contributed by atoms with Crippen LogP contribution in [0.4, 0.5) is 0 Å². The molecule has 7 atom stereocenters. The fraction of sp³-hybridized carbons (Fsp3) is 0.829. The van der Waals surface area contributed by atoms with Crippen LogP contribution in [0.1, 0.15) is 116 Å². The number of unbranched alkanes of at least 4 members (excludes halogenated alkanes) is 2. The molecule has 8 nitrogen and oxygen atoms in total. The van der Waals surface area contributed by atoms with E-state index in [1.54, 1.807) is 0 Å². The maximum absolute atomic E-state index is 11.6. The maximum atomic E-state index is 11.6. The van der Waals surface area contributed by atoms with Gasteiger partial charge < -0.3 is 28.4 Å². The molecule has 2 heterocycles. The monoisotopic (exact) mass is 604 g/mol. The topological polar surface area (TPSA) is 89.5 Å². The van der Waals surface area contributed by atoms with E-state index in [1.807, 2.05) is 0 Å². The third-order valence-electron chi connectivity index (χ3n) is 10.0. The summed E-state index contributed by atoms with van der Waals surface area (Å²) in [6.07, 6.45) is 25.0. The van der Waals surface area contributed by atoms with Crippen molar-refractivity contribution in [2.75, 3.05) is 20.3 Å². The predicted molar refractivity (Wildman–Crippen MR) is 164 cm³/mol. The van der Waals surface area contributed by atoms with Crippen LogP contribution in [0.15, 0.2) is 24.3 Å². The summed E-state index contributed by atoms with van der Waals surface area (Å²) in [4.78, 5) is 23.1. The standard InChI is InChI=1S/C35H56O8/c1-3-4-20-35(21-13-22-35)31(43-34-17-10-12-24-40-34)19-18-28-27(14-7-5-6-8-15-32(37)38-2)29(41-26-36)25-30(28)42-33-16-9-11-23-39-33/h5,7,18-19,26-31,33-34H,3-4,6,8-17,20-25H2,1-2H3/t27-,28-,29-,30-,31-,33?,34?/m1/s1. The van der Waals surface area contributed by atoms with Crippen LogP contribution in [-0.4, -0.2) is 63.7 Å². The van der Waals surface area contributed by atoms with Crippen LogP contribution in [0.2, 0.25) is 0 Å². The van der Waals surface area contributed by atoms with Crippen molar-refractivity contribution in [3.8, 4) is 0 Å². The van der Waals surface area contributed by atoms with Gasteiger partial charge in [0.1, 0.15) is 6.10 Å². The quantitative estimate of drug-likeness (QED) is 0.0703. The lowest BCUT2D eigenvalue weighted by Gasteiger charge is -2.48. The zero-order valence-corrected chi connectivity index (χ0v) is 26.6. The minimum absolute atomic E-state index is 0.0111. The van der Waals surface area contributed by atoms with Crippen LogP contribution in [0.25, 0.3) is 0 Å². The van der Waals surface area contributed by atoms with Gasteiger partial charge in [-0.1, -0.05) is 50.5 Å². The Kier molecular flexibility index (Phi) is 14.5. The molecule has 2 aliphatic carbocycles. The van der Waals surface area contributed by atoms with Crippen LogP contribution >= 0.6 is 0 Å². The van der Waals surface area contributed by atoms with Crippen molar-refractivity contribution < 1.29 is 38.0 Å². The van der Waals surface area contributed by atoms with E-state index in [-0.39, 0.29) is 54.1 Å². The third kappa shape index (κ3) is 10.1. The van der Waals surface area contributed by atoms with Gasteiger partial charge in [0, 0.05) is 43.3 Å². The molecule has 4 fully saturated rings. The number of allylic oxidation sites excluding steroid dienone is 2. The van der Waals surface area contributed by atoms with Crippen molar-refractivity contribution >= 4 is 12.4 Å². The third-order valence-corrected chi connectivity index (χ3v) is 10.0. The van der Waals surface area contributed by atoms with E-state index < -0.39 is 0 Å². The van der Waals surface area contributed by atoms with Gasteiger partial charge in [-0.25, -0.2) is 0 Å². The smallest absolute Gasteiger partial charge is 0.305 e. The second-order valence-corrected chi connectivity index (χ2v) is 13.0. The molecule has 4 rings (SSSR count).